The Kier molecular flexibility index (Phi) is 2.97. The van der Waals surface area contributed by atoms with Crippen molar-refractivity contribution in [3.8, 4) is 0 Å². The average Bonchev–Trinajstić information content (AvgIpc) is 2.78. The van der Waals surface area contributed by atoms with Crippen molar-refractivity contribution < 1.29 is 4.42 Å². The molecule has 0 radical (unpaired) electrons. The molecule has 3 aromatic rings. The molecule has 0 bridgehead atoms. The van der Waals surface area contributed by atoms with Gasteiger partial charge in [-0.25, -0.2) is 0 Å². The lowest BCUT2D eigenvalue weighted by atomic mass is 10.2. The molecule has 1 aromatic carbocycles. The first-order valence-corrected chi connectivity index (χ1v) is 6.44. The summed E-state index contributed by atoms with van der Waals surface area (Å²) in [5, 5.41) is 4.92. The van der Waals surface area contributed by atoms with E-state index in [1.807, 2.05) is 24.3 Å². The Morgan fingerprint density at radius 1 is 1.28 bits per heavy atom. The second-order valence-corrected chi connectivity index (χ2v) is 5.04. The number of fused-ring (bicyclic) bond motifs is 1. The Labute approximate surface area is 117 Å². The van der Waals surface area contributed by atoms with Gasteiger partial charge in [0.25, 0.3) is 0 Å². The molecule has 5 heteroatoms. The normalized spacial score (nSPS) is 10.8. The number of furan rings is 1. The summed E-state index contributed by atoms with van der Waals surface area (Å²) < 4.78 is 6.28. The van der Waals surface area contributed by atoms with Crippen LogP contribution in [0.15, 0.2) is 51.8 Å². The van der Waals surface area contributed by atoms with E-state index in [-0.39, 0.29) is 0 Å². The van der Waals surface area contributed by atoms with Crippen molar-refractivity contribution in [2.75, 3.05) is 5.32 Å². The fourth-order valence-electron chi connectivity index (χ4n) is 1.71. The minimum absolute atomic E-state index is 0.662. The van der Waals surface area contributed by atoms with Crippen LogP contribution in [0.25, 0.3) is 11.0 Å². The van der Waals surface area contributed by atoms with Gasteiger partial charge in [-0.3, -0.25) is 4.98 Å². The number of rotatable bonds is 2. The number of hydrogen-bond acceptors (Lipinski definition) is 3. The molecule has 0 amide bonds. The summed E-state index contributed by atoms with van der Waals surface area (Å²) in [6, 6.07) is 7.60. The number of aromatic nitrogens is 1. The van der Waals surface area contributed by atoms with Gasteiger partial charge in [0, 0.05) is 21.7 Å². The molecule has 3 nitrogen and oxygen atoms in total. The van der Waals surface area contributed by atoms with Crippen LogP contribution in [0.5, 0.6) is 0 Å². The van der Waals surface area contributed by atoms with Crippen molar-refractivity contribution in [2.24, 2.45) is 0 Å². The van der Waals surface area contributed by atoms with Crippen LogP contribution in [0.3, 0.4) is 0 Å². The van der Waals surface area contributed by atoms with Gasteiger partial charge >= 0.3 is 0 Å². The van der Waals surface area contributed by atoms with Gasteiger partial charge in [-0.2, -0.15) is 0 Å². The van der Waals surface area contributed by atoms with Gasteiger partial charge in [0.15, 0.2) is 5.58 Å². The van der Waals surface area contributed by atoms with Crippen LogP contribution in [-0.2, 0) is 0 Å². The van der Waals surface area contributed by atoms with Gasteiger partial charge < -0.3 is 9.73 Å². The molecule has 2 aromatic heterocycles. The van der Waals surface area contributed by atoms with Crippen LogP contribution >= 0.6 is 27.5 Å². The smallest absolute Gasteiger partial charge is 0.154 e. The number of benzene rings is 1. The van der Waals surface area contributed by atoms with Gasteiger partial charge in [-0.05, 0) is 40.2 Å². The molecular formula is C13H8BrClN2O. The number of halogens is 2. The first kappa shape index (κ1) is 11.6. The molecule has 1 N–H and O–H groups in total. The van der Waals surface area contributed by atoms with Crippen LogP contribution in [0.4, 0.5) is 11.4 Å². The lowest BCUT2D eigenvalue weighted by Crippen LogP contribution is -1.88. The van der Waals surface area contributed by atoms with E-state index in [0.29, 0.717) is 5.02 Å². The second kappa shape index (κ2) is 4.63. The van der Waals surface area contributed by atoms with E-state index >= 15 is 0 Å². The first-order chi connectivity index (χ1) is 8.74. The average molecular weight is 324 g/mol. The molecule has 0 saturated carbocycles. The molecule has 0 aliphatic heterocycles. The first-order valence-electron chi connectivity index (χ1n) is 5.27. The van der Waals surface area contributed by atoms with Crippen LogP contribution in [0, 0.1) is 0 Å². The highest BCUT2D eigenvalue weighted by Crippen LogP contribution is 2.30. The lowest BCUT2D eigenvalue weighted by molar-refractivity contribution is 0.615. The van der Waals surface area contributed by atoms with Gasteiger partial charge in [-0.15, -0.1) is 0 Å². The summed E-state index contributed by atoms with van der Waals surface area (Å²) in [5.74, 6) is 0. The van der Waals surface area contributed by atoms with Crippen LogP contribution in [0.1, 0.15) is 0 Å². The topological polar surface area (TPSA) is 38.1 Å². The summed E-state index contributed by atoms with van der Waals surface area (Å²) in [7, 11) is 0. The van der Waals surface area contributed by atoms with Crippen LogP contribution in [0.2, 0.25) is 5.02 Å². The van der Waals surface area contributed by atoms with Crippen LogP contribution < -0.4 is 5.32 Å². The molecule has 0 aliphatic rings. The quantitative estimate of drug-likeness (QED) is 0.722. The summed E-state index contributed by atoms with van der Waals surface area (Å²) in [6.07, 6.45) is 5.09. The van der Waals surface area contributed by atoms with E-state index in [1.54, 1.807) is 18.7 Å². The summed E-state index contributed by atoms with van der Waals surface area (Å²) in [6.45, 7) is 0. The maximum absolute atomic E-state index is 6.05. The van der Waals surface area contributed by atoms with Gasteiger partial charge in [-0.1, -0.05) is 11.6 Å². The summed E-state index contributed by atoms with van der Waals surface area (Å²) >= 11 is 9.41. The number of anilines is 2. The molecule has 3 rings (SSSR count). The monoisotopic (exact) mass is 322 g/mol. The van der Waals surface area contributed by atoms with E-state index in [9.17, 15) is 0 Å². The van der Waals surface area contributed by atoms with Gasteiger partial charge in [0.05, 0.1) is 16.9 Å². The fourth-order valence-corrected chi connectivity index (χ4v) is 2.14. The second-order valence-electron chi connectivity index (χ2n) is 3.78. The number of pyridine rings is 1. The van der Waals surface area contributed by atoms with E-state index in [0.717, 1.165) is 26.8 Å². The molecule has 90 valence electrons. The van der Waals surface area contributed by atoms with E-state index in [2.05, 4.69) is 26.2 Å². The van der Waals surface area contributed by atoms with Crippen molar-refractivity contribution in [1.29, 1.82) is 0 Å². The SMILES string of the molecule is Clc1cc(Nc2coc3cnccc23)ccc1Br. The predicted octanol–water partition coefficient (Wildman–Crippen LogP) is 4.99. The molecule has 18 heavy (non-hydrogen) atoms. The molecule has 0 atom stereocenters. The highest BCUT2D eigenvalue weighted by Gasteiger charge is 2.06. The zero-order chi connectivity index (χ0) is 12.5. The van der Waals surface area contributed by atoms with Crippen molar-refractivity contribution in [3.63, 3.8) is 0 Å². The highest BCUT2D eigenvalue weighted by molar-refractivity contribution is 9.10. The van der Waals surface area contributed by atoms with E-state index < -0.39 is 0 Å². The standard InChI is InChI=1S/C13H8BrClN2O/c14-10-2-1-8(5-11(10)15)17-12-7-18-13-6-16-4-3-9(12)13/h1-7,17H. The Bertz CT molecular complexity index is 711. The van der Waals surface area contributed by atoms with Crippen molar-refractivity contribution in [1.82, 2.24) is 4.98 Å². The molecule has 0 saturated heterocycles. The third-order valence-electron chi connectivity index (χ3n) is 2.58. The third kappa shape index (κ3) is 2.09. The maximum atomic E-state index is 6.05. The van der Waals surface area contributed by atoms with E-state index in [1.165, 1.54) is 0 Å². The number of hydrogen-bond donors (Lipinski definition) is 1. The molecular weight excluding hydrogens is 316 g/mol. The van der Waals surface area contributed by atoms with Crippen LogP contribution in [-0.4, -0.2) is 4.98 Å². The maximum Gasteiger partial charge on any atom is 0.154 e. The zero-order valence-corrected chi connectivity index (χ0v) is 11.5. The Morgan fingerprint density at radius 2 is 2.17 bits per heavy atom. The number of nitrogens with zero attached hydrogens (tertiary/aromatic N) is 1. The van der Waals surface area contributed by atoms with Gasteiger partial charge in [0.2, 0.25) is 0 Å². The zero-order valence-electron chi connectivity index (χ0n) is 9.15. The Balaban J connectivity index is 1.98. The Morgan fingerprint density at radius 3 is 3.00 bits per heavy atom. The molecule has 0 aliphatic carbocycles. The lowest BCUT2D eigenvalue weighted by Gasteiger charge is -2.05. The molecule has 0 unspecified atom stereocenters. The largest absolute Gasteiger partial charge is 0.460 e. The minimum atomic E-state index is 0.662. The predicted molar refractivity (Wildman–Crippen MR) is 76.4 cm³/mol. The highest BCUT2D eigenvalue weighted by atomic mass is 79.9. The molecule has 0 spiro atoms. The van der Waals surface area contributed by atoms with Crippen molar-refractivity contribution >= 4 is 49.9 Å². The Hall–Kier alpha value is -1.52. The van der Waals surface area contributed by atoms with E-state index in [4.69, 9.17) is 16.0 Å². The van der Waals surface area contributed by atoms with Gasteiger partial charge in [0.1, 0.15) is 6.26 Å². The molecule has 0 fully saturated rings. The third-order valence-corrected chi connectivity index (χ3v) is 3.81. The fraction of sp³-hybridized carbons (Fsp3) is 0. The minimum Gasteiger partial charge on any atom is -0.460 e. The van der Waals surface area contributed by atoms with Crippen molar-refractivity contribution in [3.05, 3.63) is 52.4 Å². The van der Waals surface area contributed by atoms with Crippen molar-refractivity contribution in [2.45, 2.75) is 0 Å². The number of nitrogens with one attached hydrogen (secondary N) is 1. The summed E-state index contributed by atoms with van der Waals surface area (Å²) in [5.41, 5.74) is 2.55. The summed E-state index contributed by atoms with van der Waals surface area (Å²) in [4.78, 5) is 4.01. The molecule has 2 heterocycles.